The van der Waals surface area contributed by atoms with E-state index < -0.39 is 11.7 Å². The summed E-state index contributed by atoms with van der Waals surface area (Å²) in [5, 5.41) is 4.09. The molecule has 1 heterocycles. The predicted octanol–water partition coefficient (Wildman–Crippen LogP) is 3.76. The molecule has 1 amide bonds. The quantitative estimate of drug-likeness (QED) is 0.890. The van der Waals surface area contributed by atoms with E-state index in [1.54, 1.807) is 13.1 Å². The van der Waals surface area contributed by atoms with Crippen LogP contribution in [0, 0.1) is 0 Å². The summed E-state index contributed by atoms with van der Waals surface area (Å²) < 4.78 is 11.0. The first-order valence-corrected chi connectivity index (χ1v) is 8.23. The monoisotopic (exact) mass is 340 g/mol. The lowest BCUT2D eigenvalue weighted by Crippen LogP contribution is -2.34. The Morgan fingerprint density at radius 2 is 2.17 bits per heavy atom. The number of rotatable bonds is 2. The standard InChI is InChI=1S/C17H25ClN2O3/c1-17(2,3)23-16(21)20(4)12-6-7-14(18)13(10-12)15-11-22-9-5-8-19-15/h6-7,10,15,19H,5,8-9,11H2,1-4H3. The second kappa shape index (κ2) is 7.51. The first kappa shape index (κ1) is 18.0. The molecule has 128 valence electrons. The summed E-state index contributed by atoms with van der Waals surface area (Å²) in [6.07, 6.45) is 0.585. The van der Waals surface area contributed by atoms with Gasteiger partial charge in [0, 0.05) is 24.4 Å². The van der Waals surface area contributed by atoms with Crippen LogP contribution in [0.25, 0.3) is 0 Å². The average molecular weight is 341 g/mol. The van der Waals surface area contributed by atoms with E-state index in [1.165, 1.54) is 4.90 Å². The summed E-state index contributed by atoms with van der Waals surface area (Å²) >= 11 is 6.34. The van der Waals surface area contributed by atoms with Crippen LogP contribution in [0.1, 0.15) is 38.8 Å². The van der Waals surface area contributed by atoms with Crippen LogP contribution in [-0.4, -0.2) is 38.5 Å². The third-order valence-electron chi connectivity index (χ3n) is 3.55. The zero-order valence-corrected chi connectivity index (χ0v) is 14.9. The first-order valence-electron chi connectivity index (χ1n) is 7.85. The molecular weight excluding hydrogens is 316 g/mol. The van der Waals surface area contributed by atoms with Crippen molar-refractivity contribution in [3.8, 4) is 0 Å². The number of amides is 1. The van der Waals surface area contributed by atoms with E-state index in [-0.39, 0.29) is 6.04 Å². The molecule has 1 atom stereocenters. The first-order chi connectivity index (χ1) is 10.8. The zero-order chi connectivity index (χ0) is 17.0. The lowest BCUT2D eigenvalue weighted by Gasteiger charge is -2.26. The van der Waals surface area contributed by atoms with Gasteiger partial charge in [-0.2, -0.15) is 0 Å². The van der Waals surface area contributed by atoms with Gasteiger partial charge in [-0.3, -0.25) is 4.90 Å². The second-order valence-corrected chi connectivity index (χ2v) is 7.09. The van der Waals surface area contributed by atoms with Crippen molar-refractivity contribution in [3.05, 3.63) is 28.8 Å². The lowest BCUT2D eigenvalue weighted by molar-refractivity contribution is 0.0589. The van der Waals surface area contributed by atoms with Gasteiger partial charge in [-0.1, -0.05) is 11.6 Å². The van der Waals surface area contributed by atoms with Crippen LogP contribution in [0.15, 0.2) is 18.2 Å². The molecule has 1 unspecified atom stereocenters. The number of carbonyl (C=O) groups excluding carboxylic acids is 1. The van der Waals surface area contributed by atoms with E-state index in [1.807, 2.05) is 32.9 Å². The number of hydrogen-bond acceptors (Lipinski definition) is 4. The molecule has 1 aromatic rings. The molecule has 1 N–H and O–H groups in total. The van der Waals surface area contributed by atoms with Crippen molar-refractivity contribution in [2.75, 3.05) is 31.7 Å². The molecule has 5 nitrogen and oxygen atoms in total. The summed E-state index contributed by atoms with van der Waals surface area (Å²) in [4.78, 5) is 13.7. The molecule has 0 aromatic heterocycles. The number of benzene rings is 1. The van der Waals surface area contributed by atoms with E-state index in [4.69, 9.17) is 21.1 Å². The molecule has 1 aliphatic heterocycles. The van der Waals surface area contributed by atoms with Crippen molar-refractivity contribution in [2.24, 2.45) is 0 Å². The summed E-state index contributed by atoms with van der Waals surface area (Å²) in [5.41, 5.74) is 1.14. The van der Waals surface area contributed by atoms with Gasteiger partial charge in [0.05, 0.1) is 12.6 Å². The Bertz CT molecular complexity index is 549. The highest BCUT2D eigenvalue weighted by atomic mass is 35.5. The van der Waals surface area contributed by atoms with E-state index in [0.717, 1.165) is 30.8 Å². The maximum Gasteiger partial charge on any atom is 0.414 e. The Balaban J connectivity index is 2.20. The van der Waals surface area contributed by atoms with Crippen molar-refractivity contribution in [1.29, 1.82) is 0 Å². The van der Waals surface area contributed by atoms with Gasteiger partial charge in [-0.15, -0.1) is 0 Å². The van der Waals surface area contributed by atoms with E-state index in [0.29, 0.717) is 11.6 Å². The number of halogens is 1. The number of nitrogens with one attached hydrogen (secondary N) is 1. The van der Waals surface area contributed by atoms with Crippen LogP contribution in [0.2, 0.25) is 5.02 Å². The van der Waals surface area contributed by atoms with Gasteiger partial charge in [-0.05, 0) is 57.5 Å². The van der Waals surface area contributed by atoms with E-state index in [2.05, 4.69) is 5.32 Å². The van der Waals surface area contributed by atoms with E-state index >= 15 is 0 Å². The summed E-state index contributed by atoms with van der Waals surface area (Å²) in [5.74, 6) is 0. The summed E-state index contributed by atoms with van der Waals surface area (Å²) in [6, 6.07) is 5.56. The third kappa shape index (κ3) is 5.09. The second-order valence-electron chi connectivity index (χ2n) is 6.68. The lowest BCUT2D eigenvalue weighted by atomic mass is 10.1. The number of hydrogen-bond donors (Lipinski definition) is 1. The molecule has 1 fully saturated rings. The topological polar surface area (TPSA) is 50.8 Å². The fourth-order valence-corrected chi connectivity index (χ4v) is 2.60. The van der Waals surface area contributed by atoms with Gasteiger partial charge >= 0.3 is 6.09 Å². The van der Waals surface area contributed by atoms with Gasteiger partial charge in [-0.25, -0.2) is 4.79 Å². The van der Waals surface area contributed by atoms with Crippen molar-refractivity contribution >= 4 is 23.4 Å². The minimum absolute atomic E-state index is 0.0250. The third-order valence-corrected chi connectivity index (χ3v) is 3.89. The Labute approximate surface area is 142 Å². The Kier molecular flexibility index (Phi) is 5.89. The van der Waals surface area contributed by atoms with Gasteiger partial charge in [0.2, 0.25) is 0 Å². The fourth-order valence-electron chi connectivity index (χ4n) is 2.35. The van der Waals surface area contributed by atoms with Crippen molar-refractivity contribution in [1.82, 2.24) is 5.32 Å². The Hall–Kier alpha value is -1.30. The molecule has 0 aliphatic carbocycles. The highest BCUT2D eigenvalue weighted by molar-refractivity contribution is 6.31. The smallest absolute Gasteiger partial charge is 0.414 e. The van der Waals surface area contributed by atoms with Crippen LogP contribution in [-0.2, 0) is 9.47 Å². The van der Waals surface area contributed by atoms with Crippen LogP contribution < -0.4 is 10.2 Å². The molecule has 6 heteroatoms. The van der Waals surface area contributed by atoms with Gasteiger partial charge in [0.1, 0.15) is 5.60 Å². The molecule has 23 heavy (non-hydrogen) atoms. The number of ether oxygens (including phenoxy) is 2. The molecule has 0 saturated carbocycles. The van der Waals surface area contributed by atoms with E-state index in [9.17, 15) is 4.79 Å². The molecule has 0 bridgehead atoms. The number of carbonyl (C=O) groups is 1. The molecular formula is C17H25ClN2O3. The van der Waals surface area contributed by atoms with Gasteiger partial charge in [0.25, 0.3) is 0 Å². The van der Waals surface area contributed by atoms with Crippen molar-refractivity contribution in [3.63, 3.8) is 0 Å². The number of nitrogens with zero attached hydrogens (tertiary/aromatic N) is 1. The van der Waals surface area contributed by atoms with Crippen LogP contribution >= 0.6 is 11.6 Å². The molecule has 2 rings (SSSR count). The fraction of sp³-hybridized carbons (Fsp3) is 0.588. The largest absolute Gasteiger partial charge is 0.443 e. The van der Waals surface area contributed by atoms with Crippen LogP contribution in [0.3, 0.4) is 0 Å². The maximum atomic E-state index is 12.2. The normalized spacial score (nSPS) is 19.1. The van der Waals surface area contributed by atoms with Crippen LogP contribution in [0.5, 0.6) is 0 Å². The Morgan fingerprint density at radius 3 is 2.87 bits per heavy atom. The number of anilines is 1. The molecule has 1 aromatic carbocycles. The molecule has 1 aliphatic rings. The maximum absolute atomic E-state index is 12.2. The van der Waals surface area contributed by atoms with Gasteiger partial charge in [0.15, 0.2) is 0 Å². The average Bonchev–Trinajstić information content (AvgIpc) is 2.74. The minimum atomic E-state index is -0.530. The van der Waals surface area contributed by atoms with Crippen LogP contribution in [0.4, 0.5) is 10.5 Å². The predicted molar refractivity (Wildman–Crippen MR) is 92.3 cm³/mol. The summed E-state index contributed by atoms with van der Waals surface area (Å²) in [7, 11) is 1.69. The molecule has 0 spiro atoms. The van der Waals surface area contributed by atoms with Gasteiger partial charge < -0.3 is 14.8 Å². The minimum Gasteiger partial charge on any atom is -0.443 e. The van der Waals surface area contributed by atoms with Crippen molar-refractivity contribution in [2.45, 2.75) is 38.8 Å². The molecule has 0 radical (unpaired) electrons. The Morgan fingerprint density at radius 1 is 1.43 bits per heavy atom. The zero-order valence-electron chi connectivity index (χ0n) is 14.2. The highest BCUT2D eigenvalue weighted by Gasteiger charge is 2.23. The molecule has 1 saturated heterocycles. The summed E-state index contributed by atoms with van der Waals surface area (Å²) in [6.45, 7) is 7.74. The van der Waals surface area contributed by atoms with Crippen molar-refractivity contribution < 1.29 is 14.3 Å². The SMILES string of the molecule is CN(C(=O)OC(C)(C)C)c1ccc(Cl)c(C2COCCCN2)c1. The highest BCUT2D eigenvalue weighted by Crippen LogP contribution is 2.29.